The van der Waals surface area contributed by atoms with Crippen LogP contribution < -0.4 is 16.0 Å². The van der Waals surface area contributed by atoms with Gasteiger partial charge in [-0.2, -0.15) is 0 Å². The molecule has 2 aliphatic heterocycles. The second kappa shape index (κ2) is 9.96. The van der Waals surface area contributed by atoms with E-state index in [9.17, 15) is 19.2 Å². The van der Waals surface area contributed by atoms with Gasteiger partial charge < -0.3 is 24.8 Å². The third-order valence-corrected chi connectivity index (χ3v) is 7.12. The number of fused-ring (bicyclic) bond motifs is 1. The highest BCUT2D eigenvalue weighted by Crippen LogP contribution is 2.28. The minimum atomic E-state index is -1.49. The van der Waals surface area contributed by atoms with Gasteiger partial charge in [0.2, 0.25) is 0 Å². The number of imidazole rings is 1. The first-order valence-electron chi connectivity index (χ1n) is 13.3. The SMILES string of the molecule is CC(C)c1nc2ccccc2n1Cc1ccc(C(=O)N[C@@H]2CN(C(=O)OC(C)(C)C)C[C@]23NC(=O)NC3=O)cc1. The van der Waals surface area contributed by atoms with E-state index in [-0.39, 0.29) is 19.0 Å². The van der Waals surface area contributed by atoms with E-state index in [1.165, 1.54) is 4.90 Å². The van der Waals surface area contributed by atoms with Gasteiger partial charge in [0.1, 0.15) is 11.4 Å². The predicted molar refractivity (Wildman–Crippen MR) is 148 cm³/mol. The van der Waals surface area contributed by atoms with Gasteiger partial charge in [-0.05, 0) is 50.6 Å². The summed E-state index contributed by atoms with van der Waals surface area (Å²) >= 11 is 0. The molecule has 210 valence electrons. The molecule has 1 aromatic heterocycles. The lowest BCUT2D eigenvalue weighted by Crippen LogP contribution is -2.62. The Morgan fingerprint density at radius 3 is 2.45 bits per heavy atom. The molecular weight excluding hydrogens is 512 g/mol. The molecule has 3 N–H and O–H groups in total. The Labute approximate surface area is 232 Å². The molecule has 0 bridgehead atoms. The largest absolute Gasteiger partial charge is 0.444 e. The lowest BCUT2D eigenvalue weighted by molar-refractivity contribution is -0.124. The number of carbonyl (C=O) groups is 4. The summed E-state index contributed by atoms with van der Waals surface area (Å²) in [6.45, 7) is 9.90. The van der Waals surface area contributed by atoms with Crippen molar-refractivity contribution in [3.05, 3.63) is 65.5 Å². The van der Waals surface area contributed by atoms with Crippen LogP contribution >= 0.6 is 0 Å². The molecule has 11 heteroatoms. The number of hydrogen-bond donors (Lipinski definition) is 3. The van der Waals surface area contributed by atoms with Crippen LogP contribution in [0.3, 0.4) is 0 Å². The van der Waals surface area contributed by atoms with Crippen molar-refractivity contribution in [2.75, 3.05) is 13.1 Å². The first-order valence-corrected chi connectivity index (χ1v) is 13.3. The van der Waals surface area contributed by atoms with Crippen molar-refractivity contribution in [2.24, 2.45) is 0 Å². The number of imide groups is 1. The Morgan fingerprint density at radius 1 is 1.12 bits per heavy atom. The summed E-state index contributed by atoms with van der Waals surface area (Å²) in [5.74, 6) is 0.204. The van der Waals surface area contributed by atoms with Gasteiger partial charge in [0, 0.05) is 24.6 Å². The molecule has 2 aliphatic rings. The first-order chi connectivity index (χ1) is 18.9. The summed E-state index contributed by atoms with van der Waals surface area (Å²) in [7, 11) is 0. The number of nitrogens with one attached hydrogen (secondary N) is 3. The van der Waals surface area contributed by atoms with Gasteiger partial charge in [-0.15, -0.1) is 0 Å². The zero-order valence-corrected chi connectivity index (χ0v) is 23.3. The van der Waals surface area contributed by atoms with Crippen molar-refractivity contribution < 1.29 is 23.9 Å². The molecule has 2 fully saturated rings. The van der Waals surface area contributed by atoms with E-state index >= 15 is 0 Å². The topological polar surface area (TPSA) is 135 Å². The van der Waals surface area contributed by atoms with Crippen LogP contribution in [-0.4, -0.2) is 68.7 Å². The second-order valence-electron chi connectivity index (χ2n) is 11.7. The van der Waals surface area contributed by atoms with Crippen molar-refractivity contribution in [1.82, 2.24) is 30.4 Å². The Hall–Kier alpha value is -4.41. The standard InChI is InChI=1S/C29H34N6O5/c1-17(2)23-30-20-8-6-7-9-21(20)35(23)14-18-10-12-19(13-11-18)24(36)31-22-15-34(27(39)40-28(3,4)5)16-29(22)25(37)32-26(38)33-29/h6-13,17,22H,14-16H2,1-5H3,(H,31,36)(H2,32,33,37,38)/t22-,29+/m1/s1. The smallest absolute Gasteiger partial charge is 0.410 e. The maximum absolute atomic E-state index is 13.3. The van der Waals surface area contributed by atoms with Crippen molar-refractivity contribution in [2.45, 2.75) is 64.3 Å². The minimum absolute atomic E-state index is 0.00187. The van der Waals surface area contributed by atoms with Gasteiger partial charge >= 0.3 is 12.1 Å². The summed E-state index contributed by atoms with van der Waals surface area (Å²) < 4.78 is 7.64. The normalized spacial score (nSPS) is 20.8. The van der Waals surface area contributed by atoms with Crippen LogP contribution in [0.4, 0.5) is 9.59 Å². The first kappa shape index (κ1) is 27.2. The number of para-hydroxylation sites is 2. The molecule has 2 saturated heterocycles. The van der Waals surface area contributed by atoms with Gasteiger partial charge in [0.05, 0.1) is 23.6 Å². The fourth-order valence-corrected chi connectivity index (χ4v) is 5.24. The van der Waals surface area contributed by atoms with Crippen LogP contribution in [0.15, 0.2) is 48.5 Å². The van der Waals surface area contributed by atoms with Crippen molar-refractivity contribution in [1.29, 1.82) is 0 Å². The number of amides is 5. The summed E-state index contributed by atoms with van der Waals surface area (Å²) in [5, 5.41) is 7.71. The maximum Gasteiger partial charge on any atom is 0.410 e. The molecule has 2 atom stereocenters. The minimum Gasteiger partial charge on any atom is -0.444 e. The molecule has 5 rings (SSSR count). The number of ether oxygens (including phenoxy) is 1. The van der Waals surface area contributed by atoms with Crippen LogP contribution in [0.2, 0.25) is 0 Å². The highest BCUT2D eigenvalue weighted by molar-refractivity contribution is 6.09. The highest BCUT2D eigenvalue weighted by Gasteiger charge is 2.59. The molecule has 1 spiro atoms. The number of carbonyl (C=O) groups excluding carboxylic acids is 4. The molecule has 3 aromatic rings. The quantitative estimate of drug-likeness (QED) is 0.421. The third kappa shape index (κ3) is 5.11. The van der Waals surface area contributed by atoms with Crippen molar-refractivity contribution in [3.63, 3.8) is 0 Å². The molecular formula is C29H34N6O5. The number of likely N-dealkylation sites (tertiary alicyclic amines) is 1. The monoisotopic (exact) mass is 546 g/mol. The average Bonchev–Trinajstić information content (AvgIpc) is 3.52. The van der Waals surface area contributed by atoms with E-state index in [2.05, 4.69) is 34.4 Å². The predicted octanol–water partition coefficient (Wildman–Crippen LogP) is 3.14. The molecule has 5 amide bonds. The Balaban J connectivity index is 1.33. The van der Waals surface area contributed by atoms with E-state index in [4.69, 9.17) is 9.72 Å². The Morgan fingerprint density at radius 2 is 1.82 bits per heavy atom. The van der Waals surface area contributed by atoms with Gasteiger partial charge in [0.25, 0.3) is 11.8 Å². The summed E-state index contributed by atoms with van der Waals surface area (Å²) in [5.41, 5.74) is 1.14. The van der Waals surface area contributed by atoms with E-state index in [0.29, 0.717) is 12.1 Å². The summed E-state index contributed by atoms with van der Waals surface area (Å²) in [6.07, 6.45) is -0.630. The van der Waals surface area contributed by atoms with Crippen molar-refractivity contribution in [3.8, 4) is 0 Å². The van der Waals surface area contributed by atoms with Gasteiger partial charge in [-0.25, -0.2) is 14.6 Å². The molecule has 11 nitrogen and oxygen atoms in total. The van der Waals surface area contributed by atoms with Crippen LogP contribution in [0.1, 0.15) is 62.3 Å². The third-order valence-electron chi connectivity index (χ3n) is 7.12. The van der Waals surface area contributed by atoms with Crippen molar-refractivity contribution >= 4 is 35.0 Å². The van der Waals surface area contributed by atoms with E-state index in [1.54, 1.807) is 32.9 Å². The molecule has 0 aliphatic carbocycles. The highest BCUT2D eigenvalue weighted by atomic mass is 16.6. The number of aromatic nitrogens is 2. The summed E-state index contributed by atoms with van der Waals surface area (Å²) in [4.78, 5) is 57.0. The number of benzene rings is 2. The van der Waals surface area contributed by atoms with Gasteiger partial charge in [-0.1, -0.05) is 38.1 Å². The number of hydrogen-bond acceptors (Lipinski definition) is 6. The lowest BCUT2D eigenvalue weighted by atomic mass is 9.93. The van der Waals surface area contributed by atoms with Gasteiger partial charge in [-0.3, -0.25) is 14.9 Å². The van der Waals surface area contributed by atoms with E-state index < -0.39 is 41.1 Å². The fourth-order valence-electron chi connectivity index (χ4n) is 5.24. The zero-order chi connectivity index (χ0) is 28.8. The second-order valence-corrected chi connectivity index (χ2v) is 11.7. The van der Waals surface area contributed by atoms with Crippen LogP contribution in [0, 0.1) is 0 Å². The molecule has 40 heavy (non-hydrogen) atoms. The molecule has 2 aromatic carbocycles. The fraction of sp³-hybridized carbons (Fsp3) is 0.414. The number of urea groups is 1. The molecule has 0 unspecified atom stereocenters. The van der Waals surface area contributed by atoms with Crippen LogP contribution in [0.5, 0.6) is 0 Å². The maximum atomic E-state index is 13.3. The van der Waals surface area contributed by atoms with Crippen LogP contribution in [-0.2, 0) is 16.1 Å². The van der Waals surface area contributed by atoms with Gasteiger partial charge in [0.15, 0.2) is 5.54 Å². The zero-order valence-electron chi connectivity index (χ0n) is 23.3. The number of nitrogens with zero attached hydrogens (tertiary/aromatic N) is 3. The molecule has 0 saturated carbocycles. The average molecular weight is 547 g/mol. The molecule has 3 heterocycles. The summed E-state index contributed by atoms with van der Waals surface area (Å²) in [6, 6.07) is 13.7. The van der Waals surface area contributed by atoms with E-state index in [0.717, 1.165) is 22.4 Å². The Bertz CT molecular complexity index is 1490. The lowest BCUT2D eigenvalue weighted by Gasteiger charge is -2.27. The molecule has 0 radical (unpaired) electrons. The van der Waals surface area contributed by atoms with Crippen LogP contribution in [0.25, 0.3) is 11.0 Å². The number of rotatable bonds is 5. The Kier molecular flexibility index (Phi) is 6.77. The van der Waals surface area contributed by atoms with E-state index in [1.807, 2.05) is 36.4 Å².